The van der Waals surface area contributed by atoms with Crippen molar-refractivity contribution in [1.82, 2.24) is 4.90 Å². The lowest BCUT2D eigenvalue weighted by Crippen LogP contribution is -2.29. The van der Waals surface area contributed by atoms with Crippen molar-refractivity contribution in [1.29, 1.82) is 0 Å². The van der Waals surface area contributed by atoms with E-state index in [2.05, 4.69) is 37.8 Å². The number of carbonyl (C=O) groups excluding carboxylic acids is 1. The van der Waals surface area contributed by atoms with Crippen LogP contribution < -0.4 is 0 Å². The molecule has 0 unspecified atom stereocenters. The Labute approximate surface area is 302 Å². The predicted molar refractivity (Wildman–Crippen MR) is 212 cm³/mol. The Balaban J connectivity index is 3.93. The standard InChI is InChI=1S/C44H87NO3/c1-4-7-10-13-16-17-18-19-20-21-22-23-24-29-34-39-45(41-42-46)40-35-30-25-28-33-38-44(47)48-43(36-31-26-14-11-8-5-2)37-32-27-15-12-9-6-3/h18-19,43,46H,4-17,20-42H2,1-3H3/b19-18+. The molecule has 0 radical (unpaired) electrons. The second-order valence-electron chi connectivity index (χ2n) is 14.9. The van der Waals surface area contributed by atoms with Crippen LogP contribution in [-0.2, 0) is 9.53 Å². The van der Waals surface area contributed by atoms with Crippen LogP contribution in [0.5, 0.6) is 0 Å². The van der Waals surface area contributed by atoms with Crippen LogP contribution in [0.15, 0.2) is 12.2 Å². The zero-order valence-electron chi connectivity index (χ0n) is 33.1. The fourth-order valence-corrected chi connectivity index (χ4v) is 6.83. The topological polar surface area (TPSA) is 49.8 Å². The summed E-state index contributed by atoms with van der Waals surface area (Å²) in [4.78, 5) is 15.1. The van der Waals surface area contributed by atoms with Gasteiger partial charge in [0.1, 0.15) is 6.10 Å². The van der Waals surface area contributed by atoms with Gasteiger partial charge >= 0.3 is 5.97 Å². The summed E-state index contributed by atoms with van der Waals surface area (Å²) in [5.41, 5.74) is 0. The maximum absolute atomic E-state index is 12.7. The molecule has 0 spiro atoms. The predicted octanol–water partition coefficient (Wildman–Crippen LogP) is 13.7. The van der Waals surface area contributed by atoms with E-state index in [-0.39, 0.29) is 18.7 Å². The highest BCUT2D eigenvalue weighted by atomic mass is 16.5. The molecule has 0 aliphatic rings. The molecule has 0 aliphatic carbocycles. The maximum Gasteiger partial charge on any atom is 0.306 e. The Bertz CT molecular complexity index is 635. The van der Waals surface area contributed by atoms with Crippen LogP contribution >= 0.6 is 0 Å². The van der Waals surface area contributed by atoms with Crippen LogP contribution in [0.2, 0.25) is 0 Å². The van der Waals surface area contributed by atoms with E-state index in [4.69, 9.17) is 4.74 Å². The van der Waals surface area contributed by atoms with E-state index in [9.17, 15) is 9.90 Å². The highest BCUT2D eigenvalue weighted by Crippen LogP contribution is 2.18. The van der Waals surface area contributed by atoms with Crippen LogP contribution in [0.4, 0.5) is 0 Å². The first-order valence-corrected chi connectivity index (χ1v) is 21.9. The summed E-state index contributed by atoms with van der Waals surface area (Å²) in [5.74, 6) is 0.0337. The molecule has 0 amide bonds. The van der Waals surface area contributed by atoms with Crippen molar-refractivity contribution in [2.24, 2.45) is 0 Å². The molecule has 0 saturated heterocycles. The Morgan fingerprint density at radius 1 is 0.500 bits per heavy atom. The number of unbranched alkanes of at least 4 members (excludes halogenated alkanes) is 25. The van der Waals surface area contributed by atoms with Gasteiger partial charge in [-0.3, -0.25) is 4.79 Å². The Morgan fingerprint density at radius 3 is 1.31 bits per heavy atom. The van der Waals surface area contributed by atoms with Gasteiger partial charge in [-0.15, -0.1) is 0 Å². The summed E-state index contributed by atoms with van der Waals surface area (Å²) >= 11 is 0. The van der Waals surface area contributed by atoms with Crippen LogP contribution in [0.1, 0.15) is 233 Å². The number of esters is 1. The van der Waals surface area contributed by atoms with Crippen molar-refractivity contribution >= 4 is 5.97 Å². The van der Waals surface area contributed by atoms with Gasteiger partial charge in [-0.2, -0.15) is 0 Å². The zero-order chi connectivity index (χ0) is 35.0. The largest absolute Gasteiger partial charge is 0.462 e. The number of hydrogen-bond donors (Lipinski definition) is 1. The van der Waals surface area contributed by atoms with Gasteiger partial charge in [-0.25, -0.2) is 0 Å². The molecule has 0 heterocycles. The molecular weight excluding hydrogens is 590 g/mol. The third-order valence-corrected chi connectivity index (χ3v) is 10.1. The highest BCUT2D eigenvalue weighted by Gasteiger charge is 2.14. The normalized spacial score (nSPS) is 11.9. The van der Waals surface area contributed by atoms with E-state index in [1.165, 1.54) is 180 Å². The number of aliphatic hydroxyl groups is 1. The Hall–Kier alpha value is -0.870. The lowest BCUT2D eigenvalue weighted by atomic mass is 10.0. The van der Waals surface area contributed by atoms with Crippen molar-refractivity contribution in [3.63, 3.8) is 0 Å². The second-order valence-corrected chi connectivity index (χ2v) is 14.9. The van der Waals surface area contributed by atoms with Crippen molar-refractivity contribution in [2.45, 2.75) is 239 Å². The number of aliphatic hydroxyl groups excluding tert-OH is 1. The van der Waals surface area contributed by atoms with E-state index in [0.717, 1.165) is 45.3 Å². The summed E-state index contributed by atoms with van der Waals surface area (Å²) in [6.45, 7) is 10.1. The molecule has 0 fully saturated rings. The van der Waals surface area contributed by atoms with E-state index in [0.29, 0.717) is 6.42 Å². The Morgan fingerprint density at radius 2 is 0.875 bits per heavy atom. The van der Waals surface area contributed by atoms with Gasteiger partial charge in [-0.1, -0.05) is 168 Å². The average molecular weight is 678 g/mol. The second kappa shape index (κ2) is 40.6. The molecule has 48 heavy (non-hydrogen) atoms. The number of rotatable bonds is 40. The SMILES string of the molecule is CCCCCCC/C=C/CCCCCCCCN(CCO)CCCCCCCC(=O)OC(CCCCCCCC)CCCCCCCC. The third kappa shape index (κ3) is 36.4. The molecular formula is C44H87NO3. The first-order valence-electron chi connectivity index (χ1n) is 21.9. The molecule has 0 bridgehead atoms. The van der Waals surface area contributed by atoms with E-state index in [1.807, 2.05) is 0 Å². The third-order valence-electron chi connectivity index (χ3n) is 10.1. The van der Waals surface area contributed by atoms with Crippen LogP contribution in [0.3, 0.4) is 0 Å². The van der Waals surface area contributed by atoms with Gasteiger partial charge in [0.15, 0.2) is 0 Å². The van der Waals surface area contributed by atoms with Crippen molar-refractivity contribution < 1.29 is 14.6 Å². The summed E-state index contributed by atoms with van der Waals surface area (Å²) in [6, 6.07) is 0. The molecule has 0 aromatic heterocycles. The number of hydrogen-bond acceptors (Lipinski definition) is 4. The Kier molecular flexibility index (Phi) is 39.8. The van der Waals surface area contributed by atoms with Crippen LogP contribution in [-0.4, -0.2) is 48.3 Å². The number of carbonyl (C=O) groups is 1. The van der Waals surface area contributed by atoms with E-state index < -0.39 is 0 Å². The summed E-state index contributed by atoms with van der Waals surface area (Å²) in [7, 11) is 0. The maximum atomic E-state index is 12.7. The van der Waals surface area contributed by atoms with E-state index in [1.54, 1.807) is 0 Å². The van der Waals surface area contributed by atoms with Gasteiger partial charge < -0.3 is 14.7 Å². The fourth-order valence-electron chi connectivity index (χ4n) is 6.83. The molecule has 0 aromatic rings. The van der Waals surface area contributed by atoms with Crippen molar-refractivity contribution in [3.05, 3.63) is 12.2 Å². The molecule has 0 saturated carbocycles. The monoisotopic (exact) mass is 678 g/mol. The smallest absolute Gasteiger partial charge is 0.306 e. The van der Waals surface area contributed by atoms with Crippen LogP contribution in [0.25, 0.3) is 0 Å². The number of allylic oxidation sites excluding steroid dienone is 2. The molecule has 4 nitrogen and oxygen atoms in total. The minimum Gasteiger partial charge on any atom is -0.462 e. The zero-order valence-corrected chi connectivity index (χ0v) is 33.1. The average Bonchev–Trinajstić information content (AvgIpc) is 3.08. The molecule has 0 rings (SSSR count). The van der Waals surface area contributed by atoms with Crippen molar-refractivity contribution in [3.8, 4) is 0 Å². The summed E-state index contributed by atoms with van der Waals surface area (Å²) in [5, 5.41) is 9.54. The molecule has 0 aromatic carbocycles. The first kappa shape index (κ1) is 47.1. The first-order chi connectivity index (χ1) is 23.7. The minimum atomic E-state index is 0.0337. The molecule has 4 heteroatoms. The number of ether oxygens (including phenoxy) is 1. The van der Waals surface area contributed by atoms with Crippen molar-refractivity contribution in [2.75, 3.05) is 26.2 Å². The summed E-state index contributed by atoms with van der Waals surface area (Å²) < 4.78 is 6.02. The van der Waals surface area contributed by atoms with Gasteiger partial charge in [0, 0.05) is 13.0 Å². The van der Waals surface area contributed by atoms with Crippen LogP contribution in [0, 0.1) is 0 Å². The number of nitrogens with zero attached hydrogens (tertiary/aromatic N) is 1. The molecule has 286 valence electrons. The van der Waals surface area contributed by atoms with Gasteiger partial charge in [0.05, 0.1) is 6.61 Å². The molecule has 1 N–H and O–H groups in total. The van der Waals surface area contributed by atoms with E-state index >= 15 is 0 Å². The van der Waals surface area contributed by atoms with Gasteiger partial charge in [0.25, 0.3) is 0 Å². The molecule has 0 atom stereocenters. The van der Waals surface area contributed by atoms with Gasteiger partial charge in [-0.05, 0) is 83.7 Å². The van der Waals surface area contributed by atoms with Gasteiger partial charge in [0.2, 0.25) is 0 Å². The fraction of sp³-hybridized carbons (Fsp3) is 0.932. The highest BCUT2D eigenvalue weighted by molar-refractivity contribution is 5.69. The lowest BCUT2D eigenvalue weighted by Gasteiger charge is -2.21. The summed E-state index contributed by atoms with van der Waals surface area (Å²) in [6.07, 6.45) is 46.2. The lowest BCUT2D eigenvalue weighted by molar-refractivity contribution is -0.150. The minimum absolute atomic E-state index is 0.0337. The quantitative estimate of drug-likeness (QED) is 0.0398. The molecule has 0 aliphatic heterocycles.